The molecular weight excluding hydrogens is 478 g/mol. The third-order valence-corrected chi connectivity index (χ3v) is 7.23. The van der Waals surface area contributed by atoms with Crippen LogP contribution in [0.2, 0.25) is 0 Å². The topological polar surface area (TPSA) is 89.3 Å². The molecule has 0 amide bonds. The van der Waals surface area contributed by atoms with E-state index in [1.165, 1.54) is 5.56 Å². The van der Waals surface area contributed by atoms with Gasteiger partial charge in [0.15, 0.2) is 5.82 Å². The van der Waals surface area contributed by atoms with Crippen molar-refractivity contribution in [2.75, 3.05) is 5.73 Å². The number of rotatable bonds is 9. The quantitative estimate of drug-likeness (QED) is 0.183. The first-order valence-corrected chi connectivity index (χ1v) is 13.3. The van der Waals surface area contributed by atoms with Gasteiger partial charge in [-0.25, -0.2) is 15.0 Å². The van der Waals surface area contributed by atoms with Gasteiger partial charge < -0.3 is 15.4 Å². The minimum Gasteiger partial charge on any atom is -0.508 e. The van der Waals surface area contributed by atoms with E-state index in [0.717, 1.165) is 64.6 Å². The Bertz CT molecular complexity index is 1510. The van der Waals surface area contributed by atoms with Gasteiger partial charge in [0.2, 0.25) is 0 Å². The summed E-state index contributed by atoms with van der Waals surface area (Å²) >= 11 is 4.87. The average Bonchev–Trinajstić information content (AvgIpc) is 3.18. The summed E-state index contributed by atoms with van der Waals surface area (Å²) in [6.07, 6.45) is 3.80. The van der Waals surface area contributed by atoms with Crippen LogP contribution in [0.1, 0.15) is 76.4 Å². The van der Waals surface area contributed by atoms with Crippen LogP contribution >= 0.6 is 12.2 Å². The third-order valence-electron chi connectivity index (χ3n) is 7.14. The normalized spacial score (nSPS) is 12.3. The van der Waals surface area contributed by atoms with Crippen molar-refractivity contribution in [3.05, 3.63) is 58.9 Å². The first-order chi connectivity index (χ1) is 17.5. The molecule has 4 aromatic rings. The lowest BCUT2D eigenvalue weighted by molar-refractivity contribution is 0.354. The molecular formula is C30H37N5OS. The van der Waals surface area contributed by atoms with Gasteiger partial charge in [0.25, 0.3) is 0 Å². The molecule has 0 aliphatic rings. The van der Waals surface area contributed by atoms with Gasteiger partial charge in [-0.3, -0.25) is 0 Å². The molecule has 0 saturated heterocycles. The van der Waals surface area contributed by atoms with Crippen LogP contribution in [-0.4, -0.2) is 30.3 Å². The maximum Gasteiger partial charge on any atom is 0.152 e. The van der Waals surface area contributed by atoms with Gasteiger partial charge in [0.05, 0.1) is 21.7 Å². The first-order valence-electron chi connectivity index (χ1n) is 12.9. The molecule has 2 aromatic heterocycles. The molecule has 0 aliphatic heterocycles. The predicted molar refractivity (Wildman–Crippen MR) is 157 cm³/mol. The number of nitrogens with zero attached hydrogens (tertiary/aromatic N) is 4. The van der Waals surface area contributed by atoms with Crippen molar-refractivity contribution in [2.45, 2.75) is 84.7 Å². The van der Waals surface area contributed by atoms with E-state index in [9.17, 15) is 5.11 Å². The highest BCUT2D eigenvalue weighted by molar-refractivity contribution is 7.78. The summed E-state index contributed by atoms with van der Waals surface area (Å²) in [5.74, 6) is 1.76. The number of benzene rings is 2. The molecule has 7 heteroatoms. The maximum absolute atomic E-state index is 10.0. The van der Waals surface area contributed by atoms with Crippen molar-refractivity contribution in [1.29, 1.82) is 0 Å². The number of nitrogens with two attached hydrogens (primary N) is 1. The zero-order valence-corrected chi connectivity index (χ0v) is 23.5. The number of thiocarbonyl (C=S) groups is 1. The number of isothiocyanates is 1. The Hall–Kier alpha value is -3.28. The number of anilines is 1. The lowest BCUT2D eigenvalue weighted by Crippen LogP contribution is -2.29. The van der Waals surface area contributed by atoms with Crippen LogP contribution in [0.4, 0.5) is 5.82 Å². The molecule has 37 heavy (non-hydrogen) atoms. The monoisotopic (exact) mass is 515 g/mol. The number of pyridine rings is 1. The molecule has 6 nitrogen and oxygen atoms in total. The summed E-state index contributed by atoms with van der Waals surface area (Å²) in [5, 5.41) is 13.6. The van der Waals surface area contributed by atoms with Crippen LogP contribution < -0.4 is 5.73 Å². The number of nitrogen functional groups attached to an aromatic ring is 1. The number of aliphatic imine (C=N–C) groups is 1. The molecule has 2 heterocycles. The van der Waals surface area contributed by atoms with Gasteiger partial charge in [-0.15, -0.1) is 0 Å². The van der Waals surface area contributed by atoms with Gasteiger partial charge in [0, 0.05) is 18.4 Å². The van der Waals surface area contributed by atoms with Crippen molar-refractivity contribution < 1.29 is 5.11 Å². The third kappa shape index (κ3) is 5.53. The number of aromatic nitrogens is 3. The van der Waals surface area contributed by atoms with E-state index >= 15 is 0 Å². The summed E-state index contributed by atoms with van der Waals surface area (Å²) in [7, 11) is 0. The van der Waals surface area contributed by atoms with Crippen LogP contribution in [0.3, 0.4) is 0 Å². The van der Waals surface area contributed by atoms with Crippen molar-refractivity contribution in [1.82, 2.24) is 14.5 Å². The summed E-state index contributed by atoms with van der Waals surface area (Å²) in [5.41, 5.74) is 11.8. The average molecular weight is 516 g/mol. The molecule has 0 aliphatic carbocycles. The molecule has 4 rings (SSSR count). The Morgan fingerprint density at radius 1 is 1.11 bits per heavy atom. The number of hydrogen-bond donors (Lipinski definition) is 2. The second kappa shape index (κ2) is 10.2. The van der Waals surface area contributed by atoms with Crippen LogP contribution in [0.5, 0.6) is 5.75 Å². The lowest BCUT2D eigenvalue weighted by Gasteiger charge is -2.32. The number of fused-ring (bicyclic) bond motifs is 3. The minimum absolute atomic E-state index is 0.158. The number of unbranched alkanes of at least 4 members (excludes halogenated alkanes) is 1. The van der Waals surface area contributed by atoms with Crippen LogP contribution in [0.15, 0.2) is 41.4 Å². The highest BCUT2D eigenvalue weighted by Crippen LogP contribution is 2.37. The maximum atomic E-state index is 10.0. The van der Waals surface area contributed by atoms with E-state index < -0.39 is 0 Å². The van der Waals surface area contributed by atoms with Gasteiger partial charge in [-0.2, -0.15) is 0 Å². The molecule has 0 radical (unpaired) electrons. The highest BCUT2D eigenvalue weighted by Gasteiger charge is 2.30. The molecule has 0 saturated carbocycles. The van der Waals surface area contributed by atoms with E-state index in [0.29, 0.717) is 18.1 Å². The lowest BCUT2D eigenvalue weighted by atomic mass is 9.75. The summed E-state index contributed by atoms with van der Waals surface area (Å²) in [4.78, 5) is 14.1. The Kier molecular flexibility index (Phi) is 7.40. The zero-order valence-electron chi connectivity index (χ0n) is 22.7. The summed E-state index contributed by atoms with van der Waals surface area (Å²) in [6.45, 7) is 13.3. The fourth-order valence-electron chi connectivity index (χ4n) is 5.42. The van der Waals surface area contributed by atoms with Crippen molar-refractivity contribution in [3.8, 4) is 5.75 Å². The first kappa shape index (κ1) is 26.8. The Balaban J connectivity index is 1.88. The largest absolute Gasteiger partial charge is 0.508 e. The van der Waals surface area contributed by atoms with Gasteiger partial charge in [-0.05, 0) is 80.1 Å². The van der Waals surface area contributed by atoms with Crippen molar-refractivity contribution in [3.63, 3.8) is 0 Å². The Morgan fingerprint density at radius 3 is 2.54 bits per heavy atom. The summed E-state index contributed by atoms with van der Waals surface area (Å²) < 4.78 is 2.28. The molecule has 2 aromatic carbocycles. The number of aryl methyl sites for hydroxylation is 2. The van der Waals surface area contributed by atoms with Crippen LogP contribution in [0.25, 0.3) is 21.9 Å². The Labute approximate surface area is 224 Å². The fourth-order valence-corrected chi connectivity index (χ4v) is 5.67. The van der Waals surface area contributed by atoms with E-state index in [4.69, 9.17) is 27.9 Å². The van der Waals surface area contributed by atoms with Crippen molar-refractivity contribution in [2.24, 2.45) is 4.99 Å². The minimum atomic E-state index is -0.314. The molecule has 0 atom stereocenters. The van der Waals surface area contributed by atoms with E-state index in [1.807, 2.05) is 19.1 Å². The SMILES string of the molecule is CCCCc1nc2c(N)nc3cc(C(C)(C)CC(C)(C)N=C=S)ccc3c2n1Cc1ccc(O)c(C)c1. The summed E-state index contributed by atoms with van der Waals surface area (Å²) in [6, 6.07) is 12.2. The fraction of sp³-hybridized carbons (Fsp3) is 0.433. The predicted octanol–water partition coefficient (Wildman–Crippen LogP) is 7.12. The van der Waals surface area contributed by atoms with Gasteiger partial charge in [-0.1, -0.05) is 51.5 Å². The number of imidazole rings is 1. The smallest absolute Gasteiger partial charge is 0.152 e. The van der Waals surface area contributed by atoms with Crippen LogP contribution in [0, 0.1) is 6.92 Å². The zero-order chi connectivity index (χ0) is 27.0. The molecule has 3 N–H and O–H groups in total. The van der Waals surface area contributed by atoms with Gasteiger partial charge >= 0.3 is 0 Å². The Morgan fingerprint density at radius 2 is 1.86 bits per heavy atom. The number of phenols is 1. The molecule has 0 bridgehead atoms. The van der Waals surface area contributed by atoms with E-state index in [2.05, 4.69) is 67.5 Å². The van der Waals surface area contributed by atoms with E-state index in [1.54, 1.807) is 6.07 Å². The number of phenolic OH excluding ortho intramolecular Hbond substituents is 1. The number of hydrogen-bond acceptors (Lipinski definition) is 6. The molecule has 0 spiro atoms. The number of aromatic hydroxyl groups is 1. The molecule has 194 valence electrons. The highest BCUT2D eigenvalue weighted by atomic mass is 32.1. The van der Waals surface area contributed by atoms with Gasteiger partial charge in [0.1, 0.15) is 17.1 Å². The molecule has 0 fully saturated rings. The molecule has 0 unspecified atom stereocenters. The van der Waals surface area contributed by atoms with E-state index in [-0.39, 0.29) is 11.0 Å². The van der Waals surface area contributed by atoms with Crippen molar-refractivity contribution >= 4 is 45.1 Å². The second-order valence-electron chi connectivity index (χ2n) is 11.3. The second-order valence-corrected chi connectivity index (χ2v) is 11.5. The van der Waals surface area contributed by atoms with Crippen LogP contribution in [-0.2, 0) is 18.4 Å². The standard InChI is InChI=1S/C30H37N5OS/c1-7-8-9-25-34-26-27(35(25)16-20-10-13-24(36)19(2)14-20)22-12-11-21(15-23(22)33-28(26)31)29(3,4)17-30(5,6)32-18-37/h10-15,36H,7-9,16-17H2,1-6H3,(H2,31,33).